The second-order valence-corrected chi connectivity index (χ2v) is 2.65. The van der Waals surface area contributed by atoms with Crippen LogP contribution in [0.3, 0.4) is 0 Å². The van der Waals surface area contributed by atoms with Gasteiger partial charge in [-0.05, 0) is 20.4 Å². The molecule has 10 heavy (non-hydrogen) atoms. The fraction of sp³-hybridized carbons (Fsp3) is 1.00. The summed E-state index contributed by atoms with van der Waals surface area (Å²) in [5.74, 6) is -0.991. The van der Waals surface area contributed by atoms with Crippen LogP contribution in [0, 0.1) is 0 Å². The highest BCUT2D eigenvalue weighted by molar-refractivity contribution is 4.49. The van der Waals surface area contributed by atoms with E-state index in [0.717, 1.165) is 13.1 Å². The molecule has 0 unspecified atom stereocenters. The second kappa shape index (κ2) is 4.66. The van der Waals surface area contributed by atoms with Gasteiger partial charge in [-0.1, -0.05) is 6.92 Å². The first-order valence-electron chi connectivity index (χ1n) is 3.63. The third-order valence-corrected chi connectivity index (χ3v) is 0.984. The van der Waals surface area contributed by atoms with Crippen molar-refractivity contribution in [2.24, 2.45) is 0 Å². The quantitative estimate of drug-likeness (QED) is 0.435. The molecular weight excluding hydrogens is 130 g/mol. The molecule has 0 saturated heterocycles. The highest BCUT2D eigenvalue weighted by Gasteiger charge is 2.10. The Bertz CT molecular complexity index is 78.2. The third-order valence-electron chi connectivity index (χ3n) is 0.984. The molecule has 0 heterocycles. The molecule has 0 amide bonds. The van der Waals surface area contributed by atoms with Gasteiger partial charge in [0.1, 0.15) is 0 Å². The average molecular weight is 147 g/mol. The molecular formula is C7H17NO2. The van der Waals surface area contributed by atoms with Gasteiger partial charge in [-0.2, -0.15) is 0 Å². The van der Waals surface area contributed by atoms with E-state index in [9.17, 15) is 0 Å². The van der Waals surface area contributed by atoms with Crippen LogP contribution in [0.1, 0.15) is 20.8 Å². The third kappa shape index (κ3) is 7.88. The normalized spacial score (nSPS) is 12.0. The number of ether oxygens (including phenoxy) is 1. The minimum Gasteiger partial charge on any atom is -0.366 e. The molecule has 3 nitrogen and oxygen atoms in total. The molecule has 0 aliphatic rings. The maximum atomic E-state index is 9.07. The molecule has 0 radical (unpaired) electrons. The predicted octanol–water partition coefficient (Wildman–Crippen LogP) is 0.341. The van der Waals surface area contributed by atoms with Gasteiger partial charge >= 0.3 is 0 Å². The van der Waals surface area contributed by atoms with E-state index in [1.54, 1.807) is 13.8 Å². The Labute approximate surface area is 62.4 Å². The lowest BCUT2D eigenvalue weighted by molar-refractivity contribution is -0.174. The lowest BCUT2D eigenvalue weighted by atomic mass is 10.4. The summed E-state index contributed by atoms with van der Waals surface area (Å²) in [4.78, 5) is 0. The van der Waals surface area contributed by atoms with Crippen molar-refractivity contribution >= 4 is 0 Å². The molecule has 0 aromatic rings. The van der Waals surface area contributed by atoms with Crippen LogP contribution in [-0.2, 0) is 4.74 Å². The van der Waals surface area contributed by atoms with Crippen molar-refractivity contribution in [2.75, 3.05) is 19.7 Å². The molecule has 0 aliphatic carbocycles. The van der Waals surface area contributed by atoms with Crippen LogP contribution in [0.15, 0.2) is 0 Å². The maximum Gasteiger partial charge on any atom is 0.159 e. The Morgan fingerprint density at radius 3 is 2.50 bits per heavy atom. The fourth-order valence-corrected chi connectivity index (χ4v) is 0.550. The van der Waals surface area contributed by atoms with Gasteiger partial charge in [0.25, 0.3) is 0 Å². The minimum absolute atomic E-state index is 0.553. The average Bonchev–Trinajstić information content (AvgIpc) is 1.78. The molecule has 3 heteroatoms. The van der Waals surface area contributed by atoms with E-state index in [-0.39, 0.29) is 0 Å². The zero-order valence-corrected chi connectivity index (χ0v) is 6.98. The topological polar surface area (TPSA) is 41.5 Å². The molecule has 0 atom stereocenters. The van der Waals surface area contributed by atoms with E-state index in [4.69, 9.17) is 9.84 Å². The van der Waals surface area contributed by atoms with Crippen molar-refractivity contribution in [2.45, 2.75) is 26.6 Å². The minimum atomic E-state index is -0.991. The van der Waals surface area contributed by atoms with Crippen molar-refractivity contribution in [3.05, 3.63) is 0 Å². The number of hydrogen-bond donors (Lipinski definition) is 2. The number of hydrogen-bond acceptors (Lipinski definition) is 3. The molecule has 0 fully saturated rings. The highest BCUT2D eigenvalue weighted by atomic mass is 16.6. The SMILES string of the molecule is CCNCCOC(C)(C)O. The highest BCUT2D eigenvalue weighted by Crippen LogP contribution is 2.00. The smallest absolute Gasteiger partial charge is 0.159 e. The summed E-state index contributed by atoms with van der Waals surface area (Å²) in [5.41, 5.74) is 0. The maximum absolute atomic E-state index is 9.07. The Kier molecular flexibility index (Phi) is 4.60. The Morgan fingerprint density at radius 1 is 1.50 bits per heavy atom. The van der Waals surface area contributed by atoms with Crippen LogP contribution in [0.4, 0.5) is 0 Å². The van der Waals surface area contributed by atoms with E-state index in [1.165, 1.54) is 0 Å². The molecule has 0 spiro atoms. The van der Waals surface area contributed by atoms with Gasteiger partial charge in [0.05, 0.1) is 6.61 Å². The summed E-state index contributed by atoms with van der Waals surface area (Å²) in [6.45, 7) is 7.56. The van der Waals surface area contributed by atoms with Crippen molar-refractivity contribution < 1.29 is 9.84 Å². The summed E-state index contributed by atoms with van der Waals surface area (Å²) in [6.07, 6.45) is 0. The van der Waals surface area contributed by atoms with Crippen molar-refractivity contribution in [3.63, 3.8) is 0 Å². The van der Waals surface area contributed by atoms with E-state index in [2.05, 4.69) is 5.32 Å². The molecule has 0 bridgehead atoms. The molecule has 0 aromatic heterocycles. The Hall–Kier alpha value is -0.120. The zero-order valence-electron chi connectivity index (χ0n) is 6.98. The molecule has 0 aromatic carbocycles. The standard InChI is InChI=1S/C7H17NO2/c1-4-8-5-6-10-7(2,3)9/h8-9H,4-6H2,1-3H3. The Balaban J connectivity index is 3.04. The summed E-state index contributed by atoms with van der Waals surface area (Å²) in [5, 5.41) is 12.2. The van der Waals surface area contributed by atoms with Crippen molar-refractivity contribution in [1.82, 2.24) is 5.32 Å². The zero-order chi connectivity index (χ0) is 8.04. The van der Waals surface area contributed by atoms with Crippen LogP contribution in [-0.4, -0.2) is 30.6 Å². The monoisotopic (exact) mass is 147 g/mol. The van der Waals surface area contributed by atoms with Gasteiger partial charge in [0.15, 0.2) is 5.79 Å². The van der Waals surface area contributed by atoms with Crippen LogP contribution >= 0.6 is 0 Å². The molecule has 62 valence electrons. The lowest BCUT2D eigenvalue weighted by Gasteiger charge is -2.17. The van der Waals surface area contributed by atoms with Gasteiger partial charge < -0.3 is 15.2 Å². The van der Waals surface area contributed by atoms with Crippen LogP contribution in [0.5, 0.6) is 0 Å². The van der Waals surface area contributed by atoms with Crippen molar-refractivity contribution in [3.8, 4) is 0 Å². The first kappa shape index (κ1) is 9.88. The predicted molar refractivity (Wildman–Crippen MR) is 40.8 cm³/mol. The first-order chi connectivity index (χ1) is 4.56. The number of rotatable bonds is 5. The first-order valence-corrected chi connectivity index (χ1v) is 3.63. The largest absolute Gasteiger partial charge is 0.366 e. The number of likely N-dealkylation sites (N-methyl/N-ethyl adjacent to an activating group) is 1. The molecule has 2 N–H and O–H groups in total. The lowest BCUT2D eigenvalue weighted by Crippen LogP contribution is -2.28. The van der Waals surface area contributed by atoms with Crippen LogP contribution in [0.25, 0.3) is 0 Å². The Morgan fingerprint density at radius 2 is 2.10 bits per heavy atom. The molecule has 0 rings (SSSR count). The van der Waals surface area contributed by atoms with Gasteiger partial charge in [0.2, 0.25) is 0 Å². The van der Waals surface area contributed by atoms with Crippen molar-refractivity contribution in [1.29, 1.82) is 0 Å². The van der Waals surface area contributed by atoms with Gasteiger partial charge in [-0.3, -0.25) is 0 Å². The molecule has 0 saturated carbocycles. The van der Waals surface area contributed by atoms with Crippen LogP contribution in [0.2, 0.25) is 0 Å². The van der Waals surface area contributed by atoms with E-state index >= 15 is 0 Å². The summed E-state index contributed by atoms with van der Waals surface area (Å²) < 4.78 is 5.02. The van der Waals surface area contributed by atoms with Gasteiger partial charge in [0, 0.05) is 6.54 Å². The second-order valence-electron chi connectivity index (χ2n) is 2.65. The fourth-order valence-electron chi connectivity index (χ4n) is 0.550. The van der Waals surface area contributed by atoms with Gasteiger partial charge in [-0.25, -0.2) is 0 Å². The summed E-state index contributed by atoms with van der Waals surface area (Å²) >= 11 is 0. The van der Waals surface area contributed by atoms with E-state index in [0.29, 0.717) is 6.61 Å². The summed E-state index contributed by atoms with van der Waals surface area (Å²) in [6, 6.07) is 0. The van der Waals surface area contributed by atoms with E-state index < -0.39 is 5.79 Å². The number of aliphatic hydroxyl groups is 1. The summed E-state index contributed by atoms with van der Waals surface area (Å²) in [7, 11) is 0. The van der Waals surface area contributed by atoms with E-state index in [1.807, 2.05) is 6.92 Å². The number of nitrogens with one attached hydrogen (secondary N) is 1. The van der Waals surface area contributed by atoms with Gasteiger partial charge in [-0.15, -0.1) is 0 Å². The van der Waals surface area contributed by atoms with Crippen LogP contribution < -0.4 is 5.32 Å². The molecule has 0 aliphatic heterocycles.